The second-order valence-electron chi connectivity index (χ2n) is 9.52. The molecule has 7 aliphatic rings. The second-order valence-corrected chi connectivity index (χ2v) is 9.52. The molecule has 0 aromatic carbocycles. The summed E-state index contributed by atoms with van der Waals surface area (Å²) in [5.74, 6) is 4.20. The van der Waals surface area contributed by atoms with E-state index < -0.39 is 0 Å². The predicted molar refractivity (Wildman–Crippen MR) is 93.9 cm³/mol. The fourth-order valence-electron chi connectivity index (χ4n) is 8.29. The molecule has 2 aliphatic heterocycles. The Morgan fingerprint density at radius 1 is 0.462 bits per heavy atom. The van der Waals surface area contributed by atoms with Gasteiger partial charge in [0.25, 0.3) is 0 Å². The lowest BCUT2D eigenvalue weighted by atomic mass is 9.68. The third-order valence-electron chi connectivity index (χ3n) is 9.00. The highest BCUT2D eigenvalue weighted by atomic mass is 16.7. The molecule has 0 N–H and O–H groups in total. The van der Waals surface area contributed by atoms with Gasteiger partial charge in [0.05, 0.1) is 26.4 Å². The Labute approximate surface area is 154 Å². The van der Waals surface area contributed by atoms with Crippen LogP contribution in [0.4, 0.5) is 0 Å². The van der Waals surface area contributed by atoms with Crippen LogP contribution >= 0.6 is 0 Å². The third kappa shape index (κ3) is 1.60. The maximum absolute atomic E-state index is 6.25. The lowest BCUT2D eigenvalue weighted by Gasteiger charge is -2.36. The summed E-state index contributed by atoms with van der Waals surface area (Å²) in [4.78, 5) is 0. The van der Waals surface area contributed by atoms with Gasteiger partial charge in [0.1, 0.15) is 0 Å². The van der Waals surface area contributed by atoms with E-state index in [1.807, 2.05) is 0 Å². The smallest absolute Gasteiger partial charge is 0.181 e. The molecule has 7 rings (SSSR count). The van der Waals surface area contributed by atoms with E-state index in [-0.39, 0.29) is 11.6 Å². The van der Waals surface area contributed by atoms with Crippen molar-refractivity contribution in [1.29, 1.82) is 0 Å². The van der Waals surface area contributed by atoms with E-state index in [0.29, 0.717) is 23.7 Å². The molecule has 140 valence electrons. The lowest BCUT2D eigenvalue weighted by molar-refractivity contribution is -0.190. The SMILES string of the molecule is C1=C[C@H]2[C@H]3CC[C@@H]4[C@H](CC[C@H]3[C@@H]1C21OCCO1)[C@@H]1C=C[C@H]4C12OCCO2. The van der Waals surface area contributed by atoms with Crippen LogP contribution in [0, 0.1) is 47.3 Å². The number of hydrogen-bond donors (Lipinski definition) is 0. The molecule has 0 amide bonds. The standard InChI is InChI=1S/C22H28O4/c1-2-14-16(20-8-7-18(14)22(20)25-11-12-26-22)4-3-15-13(1)17-5-6-19(15)21(17)23-9-10-24-21/h5-8,13-20H,1-4,9-12H2/t13-,14+,15+,16-,17-,18+,19+,20-. The van der Waals surface area contributed by atoms with Crippen molar-refractivity contribution in [2.75, 3.05) is 26.4 Å². The molecule has 8 atom stereocenters. The summed E-state index contributed by atoms with van der Waals surface area (Å²) in [5, 5.41) is 0. The number of fused-ring (bicyclic) bond motifs is 6. The highest BCUT2D eigenvalue weighted by Crippen LogP contribution is 2.66. The molecule has 2 spiro atoms. The van der Waals surface area contributed by atoms with E-state index in [4.69, 9.17) is 18.9 Å². The van der Waals surface area contributed by atoms with Gasteiger partial charge in [-0.3, -0.25) is 0 Å². The molecule has 5 fully saturated rings. The van der Waals surface area contributed by atoms with Crippen molar-refractivity contribution >= 4 is 0 Å². The van der Waals surface area contributed by atoms with Gasteiger partial charge >= 0.3 is 0 Å². The first-order valence-corrected chi connectivity index (χ1v) is 10.8. The summed E-state index contributed by atoms with van der Waals surface area (Å²) < 4.78 is 25.0. The molecule has 5 aliphatic carbocycles. The Balaban J connectivity index is 1.20. The van der Waals surface area contributed by atoms with Crippen molar-refractivity contribution in [2.24, 2.45) is 47.3 Å². The molecule has 4 heteroatoms. The van der Waals surface area contributed by atoms with E-state index >= 15 is 0 Å². The Bertz CT molecular complexity index is 570. The van der Waals surface area contributed by atoms with Crippen molar-refractivity contribution in [2.45, 2.75) is 37.3 Å². The maximum atomic E-state index is 6.25. The zero-order valence-corrected chi connectivity index (χ0v) is 15.2. The van der Waals surface area contributed by atoms with Crippen LogP contribution in [0.3, 0.4) is 0 Å². The summed E-state index contributed by atoms with van der Waals surface area (Å²) in [7, 11) is 0. The normalized spacial score (nSPS) is 54.2. The first-order valence-electron chi connectivity index (χ1n) is 10.8. The van der Waals surface area contributed by atoms with Crippen molar-refractivity contribution in [1.82, 2.24) is 0 Å². The molecule has 2 heterocycles. The lowest BCUT2D eigenvalue weighted by Crippen LogP contribution is -2.38. The van der Waals surface area contributed by atoms with Gasteiger partial charge in [-0.15, -0.1) is 0 Å². The second kappa shape index (κ2) is 5.02. The highest BCUT2D eigenvalue weighted by Gasteiger charge is 2.68. The zero-order chi connectivity index (χ0) is 16.9. The first kappa shape index (κ1) is 15.3. The number of hydrogen-bond acceptors (Lipinski definition) is 4. The molecule has 0 aromatic heterocycles. The molecule has 26 heavy (non-hydrogen) atoms. The summed E-state index contributed by atoms with van der Waals surface area (Å²) in [6.45, 7) is 3.07. The van der Waals surface area contributed by atoms with Crippen LogP contribution in [0.15, 0.2) is 24.3 Å². The average molecular weight is 356 g/mol. The third-order valence-corrected chi connectivity index (χ3v) is 9.00. The van der Waals surface area contributed by atoms with Gasteiger partial charge in [0, 0.05) is 23.7 Å². The first-order chi connectivity index (χ1) is 12.8. The van der Waals surface area contributed by atoms with E-state index in [9.17, 15) is 0 Å². The molecule has 4 nitrogen and oxygen atoms in total. The van der Waals surface area contributed by atoms with Crippen LogP contribution < -0.4 is 0 Å². The van der Waals surface area contributed by atoms with Gasteiger partial charge < -0.3 is 18.9 Å². The van der Waals surface area contributed by atoms with Crippen molar-refractivity contribution < 1.29 is 18.9 Å². The molecule has 2 saturated heterocycles. The Kier molecular flexibility index (Phi) is 2.95. The van der Waals surface area contributed by atoms with Crippen LogP contribution in [-0.4, -0.2) is 38.0 Å². The quantitative estimate of drug-likeness (QED) is 0.625. The summed E-state index contributed by atoms with van der Waals surface area (Å²) in [5.41, 5.74) is 0. The molecular weight excluding hydrogens is 328 g/mol. The highest BCUT2D eigenvalue weighted by molar-refractivity contribution is 5.26. The summed E-state index contributed by atoms with van der Waals surface area (Å²) in [6.07, 6.45) is 14.9. The Morgan fingerprint density at radius 3 is 1.00 bits per heavy atom. The van der Waals surface area contributed by atoms with Crippen molar-refractivity contribution in [3.8, 4) is 0 Å². The van der Waals surface area contributed by atoms with Crippen molar-refractivity contribution in [3.05, 3.63) is 24.3 Å². The number of ether oxygens (including phenoxy) is 4. The van der Waals surface area contributed by atoms with Crippen LogP contribution in [0.1, 0.15) is 25.7 Å². The van der Waals surface area contributed by atoms with Gasteiger partial charge in [-0.1, -0.05) is 24.3 Å². The molecule has 4 bridgehead atoms. The summed E-state index contributed by atoms with van der Waals surface area (Å²) in [6, 6.07) is 0. The molecule has 3 saturated carbocycles. The van der Waals surface area contributed by atoms with E-state index in [1.165, 1.54) is 25.7 Å². The summed E-state index contributed by atoms with van der Waals surface area (Å²) >= 11 is 0. The molecule has 0 radical (unpaired) electrons. The Hall–Kier alpha value is -0.680. The monoisotopic (exact) mass is 356 g/mol. The predicted octanol–water partition coefficient (Wildman–Crippen LogP) is 3.14. The number of rotatable bonds is 0. The van der Waals surface area contributed by atoms with Crippen LogP contribution in [0.25, 0.3) is 0 Å². The minimum Gasteiger partial charge on any atom is -0.346 e. The largest absolute Gasteiger partial charge is 0.346 e. The minimum absolute atomic E-state index is 0.301. The van der Waals surface area contributed by atoms with Crippen molar-refractivity contribution in [3.63, 3.8) is 0 Å². The molecule has 0 unspecified atom stereocenters. The van der Waals surface area contributed by atoms with Gasteiger partial charge in [-0.25, -0.2) is 0 Å². The molecular formula is C22H28O4. The van der Waals surface area contributed by atoms with Gasteiger partial charge in [0.15, 0.2) is 11.6 Å². The Morgan fingerprint density at radius 2 is 0.731 bits per heavy atom. The van der Waals surface area contributed by atoms with E-state index in [1.54, 1.807) is 0 Å². The van der Waals surface area contributed by atoms with Gasteiger partial charge in [0.2, 0.25) is 0 Å². The van der Waals surface area contributed by atoms with Crippen LogP contribution in [0.5, 0.6) is 0 Å². The van der Waals surface area contributed by atoms with E-state index in [0.717, 1.165) is 50.1 Å². The fourth-order valence-corrected chi connectivity index (χ4v) is 8.29. The fraction of sp³-hybridized carbons (Fsp3) is 0.818. The van der Waals surface area contributed by atoms with Gasteiger partial charge in [-0.05, 0) is 49.4 Å². The zero-order valence-electron chi connectivity index (χ0n) is 15.2. The van der Waals surface area contributed by atoms with Crippen LogP contribution in [0.2, 0.25) is 0 Å². The topological polar surface area (TPSA) is 36.9 Å². The van der Waals surface area contributed by atoms with Gasteiger partial charge in [-0.2, -0.15) is 0 Å². The average Bonchev–Trinajstić information content (AvgIpc) is 3.47. The van der Waals surface area contributed by atoms with Crippen LogP contribution in [-0.2, 0) is 18.9 Å². The van der Waals surface area contributed by atoms with E-state index in [2.05, 4.69) is 24.3 Å². The molecule has 0 aromatic rings. The maximum Gasteiger partial charge on any atom is 0.181 e. The minimum atomic E-state index is -0.301.